The summed E-state index contributed by atoms with van der Waals surface area (Å²) in [7, 11) is 0. The summed E-state index contributed by atoms with van der Waals surface area (Å²) in [5.41, 5.74) is -0.0278. The predicted molar refractivity (Wildman–Crippen MR) is 54.5 cm³/mol. The Labute approximate surface area is 89.4 Å². The number of likely N-dealkylation sites (tertiary alicyclic amines) is 1. The van der Waals surface area contributed by atoms with Crippen molar-refractivity contribution in [2.75, 3.05) is 25.6 Å². The summed E-state index contributed by atoms with van der Waals surface area (Å²) >= 11 is 5.53. The third-order valence-electron chi connectivity index (χ3n) is 3.22. The maximum Gasteiger partial charge on any atom is 0.237 e. The zero-order chi connectivity index (χ0) is 10.0. The summed E-state index contributed by atoms with van der Waals surface area (Å²) in [5, 5.41) is 0. The van der Waals surface area contributed by atoms with E-state index in [1.54, 1.807) is 0 Å². The van der Waals surface area contributed by atoms with Crippen LogP contribution in [0.25, 0.3) is 0 Å². The van der Waals surface area contributed by atoms with E-state index in [4.69, 9.17) is 16.3 Å². The van der Waals surface area contributed by atoms with Gasteiger partial charge in [0.2, 0.25) is 5.91 Å². The molecule has 1 spiro atoms. The molecule has 14 heavy (non-hydrogen) atoms. The highest BCUT2D eigenvalue weighted by Crippen LogP contribution is 2.33. The SMILES string of the molecule is O=C(CCl)N1CC[C@@]2(CCCCO2)C1. The molecule has 2 rings (SSSR count). The number of rotatable bonds is 1. The van der Waals surface area contributed by atoms with Gasteiger partial charge in [-0.1, -0.05) is 0 Å². The zero-order valence-corrected chi connectivity index (χ0v) is 9.05. The lowest BCUT2D eigenvalue weighted by atomic mass is 9.93. The number of alkyl halides is 1. The molecule has 0 N–H and O–H groups in total. The minimum absolute atomic E-state index is 0.0278. The van der Waals surface area contributed by atoms with Crippen LogP contribution in [-0.4, -0.2) is 42.0 Å². The van der Waals surface area contributed by atoms with Crippen molar-refractivity contribution in [3.05, 3.63) is 0 Å². The van der Waals surface area contributed by atoms with Crippen LogP contribution in [0.15, 0.2) is 0 Å². The molecule has 0 aliphatic carbocycles. The second-order valence-corrected chi connectivity index (χ2v) is 4.45. The summed E-state index contributed by atoms with van der Waals surface area (Å²) in [6, 6.07) is 0. The van der Waals surface area contributed by atoms with Crippen molar-refractivity contribution in [2.45, 2.75) is 31.3 Å². The first kappa shape index (κ1) is 10.2. The van der Waals surface area contributed by atoms with Gasteiger partial charge in [0.05, 0.1) is 5.60 Å². The number of ether oxygens (including phenoxy) is 1. The molecule has 0 aromatic carbocycles. The van der Waals surface area contributed by atoms with E-state index in [1.807, 2.05) is 4.90 Å². The number of carbonyl (C=O) groups is 1. The highest BCUT2D eigenvalue weighted by Gasteiger charge is 2.41. The molecule has 2 aliphatic heterocycles. The van der Waals surface area contributed by atoms with Gasteiger partial charge in [-0.15, -0.1) is 11.6 Å². The van der Waals surface area contributed by atoms with Crippen molar-refractivity contribution in [3.8, 4) is 0 Å². The van der Waals surface area contributed by atoms with Crippen molar-refractivity contribution in [1.29, 1.82) is 0 Å². The molecule has 0 radical (unpaired) electrons. The topological polar surface area (TPSA) is 29.5 Å². The predicted octanol–water partition coefficient (Wildman–Crippen LogP) is 1.40. The van der Waals surface area contributed by atoms with Gasteiger partial charge >= 0.3 is 0 Å². The Morgan fingerprint density at radius 3 is 2.93 bits per heavy atom. The number of hydrogen-bond acceptors (Lipinski definition) is 2. The summed E-state index contributed by atoms with van der Waals surface area (Å²) < 4.78 is 5.81. The quantitative estimate of drug-likeness (QED) is 0.622. The number of amides is 1. The van der Waals surface area contributed by atoms with Crippen LogP contribution in [0.3, 0.4) is 0 Å². The summed E-state index contributed by atoms with van der Waals surface area (Å²) in [6.07, 6.45) is 4.46. The summed E-state index contributed by atoms with van der Waals surface area (Å²) in [5.74, 6) is 0.133. The van der Waals surface area contributed by atoms with E-state index in [0.717, 1.165) is 39.0 Å². The van der Waals surface area contributed by atoms with Gasteiger partial charge in [-0.25, -0.2) is 0 Å². The van der Waals surface area contributed by atoms with Crippen LogP contribution in [0.1, 0.15) is 25.7 Å². The molecule has 2 saturated heterocycles. The van der Waals surface area contributed by atoms with Gasteiger partial charge in [-0.2, -0.15) is 0 Å². The van der Waals surface area contributed by atoms with Gasteiger partial charge in [0.15, 0.2) is 0 Å². The molecule has 2 aliphatic rings. The van der Waals surface area contributed by atoms with E-state index >= 15 is 0 Å². The van der Waals surface area contributed by atoms with Crippen molar-refractivity contribution in [3.63, 3.8) is 0 Å². The van der Waals surface area contributed by atoms with E-state index in [9.17, 15) is 4.79 Å². The minimum atomic E-state index is -0.0278. The molecule has 0 aromatic rings. The molecule has 0 saturated carbocycles. The van der Waals surface area contributed by atoms with Crippen LogP contribution in [0.5, 0.6) is 0 Å². The van der Waals surface area contributed by atoms with Crippen molar-refractivity contribution < 1.29 is 9.53 Å². The second kappa shape index (κ2) is 4.07. The molecule has 0 bridgehead atoms. The minimum Gasteiger partial charge on any atom is -0.373 e. The summed E-state index contributed by atoms with van der Waals surface area (Å²) in [6.45, 7) is 2.41. The van der Waals surface area contributed by atoms with Crippen LogP contribution >= 0.6 is 11.6 Å². The first-order valence-corrected chi connectivity index (χ1v) is 5.77. The van der Waals surface area contributed by atoms with Crippen LogP contribution in [0.2, 0.25) is 0 Å². The molecule has 3 nitrogen and oxygen atoms in total. The van der Waals surface area contributed by atoms with Gasteiger partial charge in [-0.3, -0.25) is 4.79 Å². The van der Waals surface area contributed by atoms with Crippen LogP contribution in [-0.2, 0) is 9.53 Å². The fraction of sp³-hybridized carbons (Fsp3) is 0.900. The van der Waals surface area contributed by atoms with Crippen molar-refractivity contribution >= 4 is 17.5 Å². The zero-order valence-electron chi connectivity index (χ0n) is 8.30. The van der Waals surface area contributed by atoms with Gasteiger partial charge in [-0.05, 0) is 25.7 Å². The number of nitrogens with zero attached hydrogens (tertiary/aromatic N) is 1. The molecule has 0 aromatic heterocycles. The molecule has 0 unspecified atom stereocenters. The van der Waals surface area contributed by atoms with Gasteiger partial charge in [0, 0.05) is 19.7 Å². The Balaban J connectivity index is 1.95. The standard InChI is InChI=1S/C10H16ClNO2/c11-7-9(13)12-5-4-10(8-12)3-1-2-6-14-10/h1-8H2/t10-/m0/s1. The van der Waals surface area contributed by atoms with E-state index in [2.05, 4.69) is 0 Å². The van der Waals surface area contributed by atoms with Crippen molar-refractivity contribution in [1.82, 2.24) is 4.90 Å². The first-order valence-electron chi connectivity index (χ1n) is 5.23. The Morgan fingerprint density at radius 2 is 2.29 bits per heavy atom. The number of halogens is 1. The Kier molecular flexibility index (Phi) is 2.98. The lowest BCUT2D eigenvalue weighted by Crippen LogP contribution is -2.41. The average Bonchev–Trinajstić information content (AvgIpc) is 2.62. The maximum absolute atomic E-state index is 11.4. The second-order valence-electron chi connectivity index (χ2n) is 4.19. The molecular formula is C10H16ClNO2. The lowest BCUT2D eigenvalue weighted by molar-refractivity contribution is -0.130. The molecule has 1 atom stereocenters. The molecular weight excluding hydrogens is 202 g/mol. The van der Waals surface area contributed by atoms with Crippen LogP contribution in [0.4, 0.5) is 0 Å². The number of carbonyl (C=O) groups excluding carboxylic acids is 1. The van der Waals surface area contributed by atoms with Crippen LogP contribution in [0, 0.1) is 0 Å². The highest BCUT2D eigenvalue weighted by atomic mass is 35.5. The Bertz CT molecular complexity index is 226. The third-order valence-corrected chi connectivity index (χ3v) is 3.45. The van der Waals surface area contributed by atoms with Gasteiger partial charge in [0.1, 0.15) is 5.88 Å². The molecule has 2 heterocycles. The first-order chi connectivity index (χ1) is 6.76. The Morgan fingerprint density at radius 1 is 1.43 bits per heavy atom. The largest absolute Gasteiger partial charge is 0.373 e. The normalized spacial score (nSPS) is 32.5. The third kappa shape index (κ3) is 1.89. The molecule has 4 heteroatoms. The molecule has 1 amide bonds. The molecule has 2 fully saturated rings. The highest BCUT2D eigenvalue weighted by molar-refractivity contribution is 6.27. The maximum atomic E-state index is 11.4. The number of hydrogen-bond donors (Lipinski definition) is 0. The fourth-order valence-corrected chi connectivity index (χ4v) is 2.54. The lowest BCUT2D eigenvalue weighted by Gasteiger charge is -2.33. The van der Waals surface area contributed by atoms with E-state index in [1.165, 1.54) is 6.42 Å². The van der Waals surface area contributed by atoms with Crippen LogP contribution < -0.4 is 0 Å². The smallest absolute Gasteiger partial charge is 0.237 e. The van der Waals surface area contributed by atoms with E-state index in [0.29, 0.717) is 0 Å². The van der Waals surface area contributed by atoms with Crippen molar-refractivity contribution in [2.24, 2.45) is 0 Å². The average molecular weight is 218 g/mol. The monoisotopic (exact) mass is 217 g/mol. The molecule has 80 valence electrons. The van der Waals surface area contributed by atoms with Gasteiger partial charge < -0.3 is 9.64 Å². The van der Waals surface area contributed by atoms with Gasteiger partial charge in [0.25, 0.3) is 0 Å². The van der Waals surface area contributed by atoms with E-state index in [-0.39, 0.29) is 17.4 Å². The Hall–Kier alpha value is -0.280. The van der Waals surface area contributed by atoms with E-state index < -0.39 is 0 Å². The fourth-order valence-electron chi connectivity index (χ4n) is 2.37. The summed E-state index contributed by atoms with van der Waals surface area (Å²) in [4.78, 5) is 13.2.